The first kappa shape index (κ1) is 23.9. The van der Waals surface area contributed by atoms with E-state index in [9.17, 15) is 13.6 Å². The topological polar surface area (TPSA) is 130 Å². The average molecular weight is 521 g/mol. The molecule has 0 saturated heterocycles. The van der Waals surface area contributed by atoms with E-state index in [-0.39, 0.29) is 31.6 Å². The van der Waals surface area contributed by atoms with Gasteiger partial charge in [0.1, 0.15) is 13.2 Å². The van der Waals surface area contributed by atoms with E-state index >= 15 is 0 Å². The van der Waals surface area contributed by atoms with Crippen LogP contribution in [-0.4, -0.2) is 54.9 Å². The van der Waals surface area contributed by atoms with E-state index in [0.29, 0.717) is 34.5 Å². The van der Waals surface area contributed by atoms with Gasteiger partial charge < -0.3 is 19.3 Å². The first-order chi connectivity index (χ1) is 18.4. The quantitative estimate of drug-likeness (QED) is 0.326. The number of hydrogen-bond donors (Lipinski definition) is 1. The summed E-state index contributed by atoms with van der Waals surface area (Å²) in [6, 6.07) is 11.9. The molecule has 0 atom stereocenters. The molecule has 11 nitrogen and oxygen atoms in total. The third-order valence-electron chi connectivity index (χ3n) is 6.17. The van der Waals surface area contributed by atoms with Crippen LogP contribution in [0.2, 0.25) is 0 Å². The number of pyridine rings is 1. The molecule has 1 aliphatic rings. The second-order valence-electron chi connectivity index (χ2n) is 8.98. The molecule has 1 saturated carbocycles. The summed E-state index contributed by atoms with van der Waals surface area (Å²) in [7, 11) is 1.56. The third-order valence-corrected chi connectivity index (χ3v) is 6.17. The van der Waals surface area contributed by atoms with Crippen molar-refractivity contribution < 1.29 is 27.6 Å². The number of amides is 1. The van der Waals surface area contributed by atoms with Gasteiger partial charge in [0.05, 0.1) is 11.3 Å². The second kappa shape index (κ2) is 9.41. The molecule has 1 amide bonds. The Balaban J connectivity index is 1.23. The van der Waals surface area contributed by atoms with Gasteiger partial charge in [-0.25, -0.2) is 8.78 Å². The number of nitrogens with one attached hydrogen (secondary N) is 1. The second-order valence-corrected chi connectivity index (χ2v) is 8.98. The Morgan fingerprint density at radius 2 is 1.97 bits per heavy atom. The van der Waals surface area contributed by atoms with Crippen LogP contribution < -0.4 is 10.1 Å². The van der Waals surface area contributed by atoms with E-state index in [4.69, 9.17) is 14.0 Å². The maximum Gasteiger partial charge on any atom is 0.253 e. The van der Waals surface area contributed by atoms with E-state index in [1.165, 1.54) is 10.7 Å². The summed E-state index contributed by atoms with van der Waals surface area (Å²) in [5, 5.41) is 21.3. The number of carbonyl (C=O) groups excluding carboxylic acids is 1. The molecule has 0 aliphatic heterocycles. The first-order valence-corrected chi connectivity index (χ1v) is 11.8. The summed E-state index contributed by atoms with van der Waals surface area (Å²) in [5.74, 6) is -1.91. The Morgan fingerprint density at radius 3 is 2.71 bits per heavy atom. The molecular weight excluding hydrogens is 500 g/mol. The Hall–Kier alpha value is -4.52. The molecule has 0 spiro atoms. The fraction of sp³-hybridized carbons (Fsp3) is 0.280. The van der Waals surface area contributed by atoms with Crippen molar-refractivity contribution in [3.8, 4) is 17.4 Å². The first-order valence-electron chi connectivity index (χ1n) is 11.8. The van der Waals surface area contributed by atoms with Crippen molar-refractivity contribution in [3.63, 3.8) is 0 Å². The lowest BCUT2D eigenvalue weighted by Crippen LogP contribution is -2.50. The number of nitrogens with zero attached hydrogens (tertiary/aromatic N) is 6. The number of methoxy groups -OCH3 is 1. The van der Waals surface area contributed by atoms with Crippen LogP contribution in [0.4, 0.5) is 8.78 Å². The van der Waals surface area contributed by atoms with Crippen molar-refractivity contribution in [1.29, 1.82) is 0 Å². The summed E-state index contributed by atoms with van der Waals surface area (Å²) in [6.45, 7) is 0.330. The van der Waals surface area contributed by atoms with Crippen molar-refractivity contribution in [3.05, 3.63) is 65.7 Å². The minimum absolute atomic E-state index is 0.0681. The molecule has 1 N–H and O–H groups in total. The van der Waals surface area contributed by atoms with Crippen LogP contribution in [0.1, 0.15) is 34.7 Å². The van der Waals surface area contributed by atoms with Gasteiger partial charge >= 0.3 is 0 Å². The minimum Gasteiger partial charge on any atom is -0.470 e. The zero-order valence-corrected chi connectivity index (χ0v) is 20.1. The number of ether oxygens (including phenoxy) is 2. The normalized spacial score (nSPS) is 15.0. The highest BCUT2D eigenvalue weighted by Crippen LogP contribution is 2.37. The van der Waals surface area contributed by atoms with Crippen LogP contribution in [0.3, 0.4) is 0 Å². The summed E-state index contributed by atoms with van der Waals surface area (Å²) >= 11 is 0. The molecule has 1 aromatic carbocycles. The van der Waals surface area contributed by atoms with Crippen LogP contribution in [0.25, 0.3) is 27.9 Å². The van der Waals surface area contributed by atoms with Gasteiger partial charge in [0, 0.05) is 49.0 Å². The Morgan fingerprint density at radius 1 is 1.16 bits per heavy atom. The summed E-state index contributed by atoms with van der Waals surface area (Å²) in [4.78, 5) is 16.6. The van der Waals surface area contributed by atoms with Gasteiger partial charge in [-0.1, -0.05) is 23.4 Å². The maximum absolute atomic E-state index is 13.0. The fourth-order valence-corrected chi connectivity index (χ4v) is 4.27. The number of fused-ring (bicyclic) bond motifs is 3. The predicted molar refractivity (Wildman–Crippen MR) is 129 cm³/mol. The number of benzene rings is 1. The lowest BCUT2D eigenvalue weighted by Gasteiger charge is -2.35. The van der Waals surface area contributed by atoms with Gasteiger partial charge in [0.15, 0.2) is 17.1 Å². The molecule has 0 bridgehead atoms. The number of halogens is 2. The van der Waals surface area contributed by atoms with Gasteiger partial charge in [0.2, 0.25) is 11.7 Å². The lowest BCUT2D eigenvalue weighted by molar-refractivity contribution is -0.0901. The maximum atomic E-state index is 13.0. The lowest BCUT2D eigenvalue weighted by atomic mass is 9.88. The summed E-state index contributed by atoms with van der Waals surface area (Å²) < 4.78 is 44.0. The monoisotopic (exact) mass is 521 g/mol. The van der Waals surface area contributed by atoms with Crippen molar-refractivity contribution in [2.24, 2.45) is 0 Å². The van der Waals surface area contributed by atoms with Gasteiger partial charge in [-0.15, -0.1) is 15.3 Å². The molecule has 13 heteroatoms. The summed E-state index contributed by atoms with van der Waals surface area (Å²) in [5.41, 5.74) is 1.80. The van der Waals surface area contributed by atoms with Gasteiger partial charge in [-0.3, -0.25) is 9.78 Å². The van der Waals surface area contributed by atoms with Crippen molar-refractivity contribution in [1.82, 2.24) is 35.3 Å². The van der Waals surface area contributed by atoms with Gasteiger partial charge in [-0.05, 0) is 18.2 Å². The molecule has 5 aromatic rings. The van der Waals surface area contributed by atoms with E-state index in [1.807, 2.05) is 24.3 Å². The van der Waals surface area contributed by atoms with E-state index in [0.717, 1.165) is 10.8 Å². The number of carbonyl (C=O) groups is 1. The highest BCUT2D eigenvalue weighted by molar-refractivity contribution is 5.97. The SMILES string of the molecule is COCc1cc(-c2nnc3c4ccccc4c(OCc4ccc(C(=O)NC5CC(F)(F)C5)cn4)nn23)no1. The zero-order chi connectivity index (χ0) is 26.3. The largest absolute Gasteiger partial charge is 0.470 e. The minimum atomic E-state index is -2.70. The Kier molecular flexibility index (Phi) is 5.91. The molecule has 38 heavy (non-hydrogen) atoms. The third kappa shape index (κ3) is 4.52. The highest BCUT2D eigenvalue weighted by atomic mass is 19.3. The van der Waals surface area contributed by atoms with E-state index in [1.54, 1.807) is 25.3 Å². The van der Waals surface area contributed by atoms with Crippen LogP contribution in [0.15, 0.2) is 53.2 Å². The zero-order valence-electron chi connectivity index (χ0n) is 20.1. The smallest absolute Gasteiger partial charge is 0.253 e. The van der Waals surface area contributed by atoms with E-state index < -0.39 is 17.9 Å². The van der Waals surface area contributed by atoms with Crippen LogP contribution in [0, 0.1) is 0 Å². The van der Waals surface area contributed by atoms with Crippen LogP contribution in [0.5, 0.6) is 5.88 Å². The molecule has 194 valence electrons. The molecule has 1 aliphatic carbocycles. The standard InChI is InChI=1S/C25H21F2N7O4/c1-36-13-17-8-20(33-38-17)22-31-30-21-18-4-2-3-5-19(18)24(32-34(21)22)37-12-15-7-6-14(11-28-15)23(35)29-16-9-25(26,27)10-16/h2-8,11,16H,9-10,12-13H2,1H3,(H,29,35). The van der Waals surface area contributed by atoms with Crippen molar-refractivity contribution >= 4 is 22.3 Å². The summed E-state index contributed by atoms with van der Waals surface area (Å²) in [6.07, 6.45) is 0.699. The number of hydrogen-bond acceptors (Lipinski definition) is 9. The average Bonchev–Trinajstić information content (AvgIpc) is 3.53. The number of alkyl halides is 2. The van der Waals surface area contributed by atoms with Crippen molar-refractivity contribution in [2.45, 2.75) is 38.0 Å². The molecule has 4 heterocycles. The molecule has 0 unspecified atom stereocenters. The molecule has 1 fully saturated rings. The molecule has 0 radical (unpaired) electrons. The Labute approximate surface area is 213 Å². The Bertz CT molecular complexity index is 1630. The fourth-order valence-electron chi connectivity index (χ4n) is 4.27. The molecule has 6 rings (SSSR count). The van der Waals surface area contributed by atoms with Crippen LogP contribution >= 0.6 is 0 Å². The van der Waals surface area contributed by atoms with Crippen LogP contribution in [-0.2, 0) is 18.0 Å². The molecular formula is C25H21F2N7O4. The van der Waals surface area contributed by atoms with Crippen molar-refractivity contribution in [2.75, 3.05) is 7.11 Å². The molecule has 4 aromatic heterocycles. The van der Waals surface area contributed by atoms with Gasteiger partial charge in [0.25, 0.3) is 11.8 Å². The number of rotatable bonds is 8. The predicted octanol–water partition coefficient (Wildman–Crippen LogP) is 3.58. The highest BCUT2D eigenvalue weighted by Gasteiger charge is 2.45. The van der Waals surface area contributed by atoms with Gasteiger partial charge in [-0.2, -0.15) is 4.52 Å². The number of aromatic nitrogens is 6. The van der Waals surface area contributed by atoms with E-state index in [2.05, 4.69) is 30.8 Å².